The first kappa shape index (κ1) is 32.5. The number of rotatable bonds is 6. The lowest BCUT2D eigenvalue weighted by atomic mass is 10.0. The van der Waals surface area contributed by atoms with Crippen LogP contribution >= 0.6 is 22.7 Å². The number of hydrogen-bond donors (Lipinski definition) is 0. The molecule has 262 valence electrons. The second-order valence-electron chi connectivity index (χ2n) is 13.6. The average Bonchev–Trinajstić information content (AvgIpc) is 3.85. The molecular formula is C49H29N5S2. The fourth-order valence-electron chi connectivity index (χ4n) is 7.41. The van der Waals surface area contributed by atoms with E-state index < -0.39 is 0 Å². The van der Waals surface area contributed by atoms with Crippen molar-refractivity contribution in [1.82, 2.24) is 24.9 Å². The molecule has 7 heteroatoms. The third kappa shape index (κ3) is 5.64. The highest BCUT2D eigenvalue weighted by Gasteiger charge is 2.20. The molecule has 0 atom stereocenters. The van der Waals surface area contributed by atoms with Crippen LogP contribution in [-0.4, -0.2) is 24.9 Å². The fraction of sp³-hybridized carbons (Fsp3) is 0. The summed E-state index contributed by atoms with van der Waals surface area (Å²) in [6.07, 6.45) is 0. The van der Waals surface area contributed by atoms with Gasteiger partial charge in [0.15, 0.2) is 23.3 Å². The van der Waals surface area contributed by atoms with Crippen LogP contribution in [0.3, 0.4) is 0 Å². The van der Waals surface area contributed by atoms with E-state index in [1.54, 1.807) is 22.7 Å². The minimum Gasteiger partial charge on any atom is -0.226 e. The van der Waals surface area contributed by atoms with E-state index >= 15 is 0 Å². The van der Waals surface area contributed by atoms with Gasteiger partial charge in [0, 0.05) is 58.1 Å². The second-order valence-corrected chi connectivity index (χ2v) is 15.8. The normalized spacial score (nSPS) is 11.6. The van der Waals surface area contributed by atoms with Crippen molar-refractivity contribution in [1.29, 1.82) is 0 Å². The third-order valence-electron chi connectivity index (χ3n) is 10.2. The molecule has 4 heterocycles. The number of thiophene rings is 2. The molecule has 0 saturated carbocycles. The summed E-state index contributed by atoms with van der Waals surface area (Å²) in [5, 5.41) is 3.48. The van der Waals surface area contributed by atoms with Crippen molar-refractivity contribution < 1.29 is 0 Å². The first-order valence-electron chi connectivity index (χ1n) is 18.4. The van der Waals surface area contributed by atoms with Crippen LogP contribution in [-0.2, 0) is 0 Å². The number of hydrogen-bond acceptors (Lipinski definition) is 7. The predicted molar refractivity (Wildman–Crippen MR) is 234 cm³/mol. The Bertz CT molecular complexity index is 3170. The smallest absolute Gasteiger partial charge is 0.164 e. The summed E-state index contributed by atoms with van der Waals surface area (Å²) < 4.78 is 4.67. The summed E-state index contributed by atoms with van der Waals surface area (Å²) in [7, 11) is 0. The van der Waals surface area contributed by atoms with Gasteiger partial charge in [-0.15, -0.1) is 22.7 Å². The predicted octanol–water partition coefficient (Wildman–Crippen LogP) is 13.4. The first-order valence-corrected chi connectivity index (χ1v) is 20.0. The molecule has 0 aliphatic carbocycles. The minimum atomic E-state index is 0.640. The van der Waals surface area contributed by atoms with Gasteiger partial charge in [-0.1, -0.05) is 152 Å². The van der Waals surface area contributed by atoms with Crippen LogP contribution in [0.1, 0.15) is 0 Å². The lowest BCUT2D eigenvalue weighted by molar-refractivity contribution is 1.07. The minimum absolute atomic E-state index is 0.640. The maximum absolute atomic E-state index is 5.38. The monoisotopic (exact) mass is 751 g/mol. The number of fused-ring (bicyclic) bond motifs is 6. The Balaban J connectivity index is 1.08. The van der Waals surface area contributed by atoms with Gasteiger partial charge in [-0.3, -0.25) is 0 Å². The standard InChI is InChI=1S/C49H29N5S2/c1-4-13-30(14-5-1)31-23-25-34(26-24-31)46-50-42-37-19-10-11-22-40(37)56-45(42)43(51-46)38-21-12-20-36-39-29-35(27-28-41(39)55-44(36)38)49-53-47(32-15-6-2-7-16-32)52-48(54-49)33-17-8-3-9-18-33/h1-29H. The van der Waals surface area contributed by atoms with Crippen molar-refractivity contribution in [3.05, 3.63) is 176 Å². The molecular weight excluding hydrogens is 723 g/mol. The van der Waals surface area contributed by atoms with Crippen molar-refractivity contribution in [3.8, 4) is 67.9 Å². The summed E-state index contributed by atoms with van der Waals surface area (Å²) in [4.78, 5) is 25.6. The molecule has 0 N–H and O–H groups in total. The Morgan fingerprint density at radius 3 is 1.48 bits per heavy atom. The Hall–Kier alpha value is -6.93. The largest absolute Gasteiger partial charge is 0.226 e. The SMILES string of the molecule is c1ccc(-c2ccc(-c3nc(-c4cccc5c4sc4ccc(-c6nc(-c7ccccc7)nc(-c7ccccc7)n6)cc45)c4sc5ccccc5c4n3)cc2)cc1. The van der Waals surface area contributed by atoms with E-state index in [2.05, 4.69) is 109 Å². The Kier molecular flexibility index (Phi) is 7.79. The summed E-state index contributed by atoms with van der Waals surface area (Å²) >= 11 is 3.55. The molecule has 0 fully saturated rings. The molecule has 7 aromatic carbocycles. The molecule has 0 aliphatic rings. The summed E-state index contributed by atoms with van der Waals surface area (Å²) in [5.74, 6) is 2.65. The highest BCUT2D eigenvalue weighted by molar-refractivity contribution is 7.27. The van der Waals surface area contributed by atoms with Gasteiger partial charge < -0.3 is 0 Å². The zero-order valence-electron chi connectivity index (χ0n) is 29.8. The van der Waals surface area contributed by atoms with E-state index in [0.717, 1.165) is 60.1 Å². The molecule has 4 aromatic heterocycles. The fourth-order valence-corrected chi connectivity index (χ4v) is 9.75. The van der Waals surface area contributed by atoms with Crippen LogP contribution in [0.4, 0.5) is 0 Å². The van der Waals surface area contributed by atoms with E-state index in [0.29, 0.717) is 23.3 Å². The quantitative estimate of drug-likeness (QED) is 0.169. The van der Waals surface area contributed by atoms with Gasteiger partial charge in [-0.25, -0.2) is 24.9 Å². The van der Waals surface area contributed by atoms with Gasteiger partial charge in [0.05, 0.1) is 15.9 Å². The Morgan fingerprint density at radius 1 is 0.304 bits per heavy atom. The van der Waals surface area contributed by atoms with Crippen molar-refractivity contribution in [2.75, 3.05) is 0 Å². The zero-order valence-corrected chi connectivity index (χ0v) is 31.4. The third-order valence-corrected chi connectivity index (χ3v) is 12.6. The van der Waals surface area contributed by atoms with Gasteiger partial charge in [0.2, 0.25) is 0 Å². The van der Waals surface area contributed by atoms with E-state index in [-0.39, 0.29) is 0 Å². The van der Waals surface area contributed by atoms with Crippen molar-refractivity contribution in [2.24, 2.45) is 0 Å². The summed E-state index contributed by atoms with van der Waals surface area (Å²) in [6, 6.07) is 60.9. The van der Waals surface area contributed by atoms with Crippen LogP contribution in [0.2, 0.25) is 0 Å². The van der Waals surface area contributed by atoms with Crippen LogP contribution in [0.5, 0.6) is 0 Å². The first-order chi connectivity index (χ1) is 27.7. The second kappa shape index (κ2) is 13.4. The lowest BCUT2D eigenvalue weighted by Gasteiger charge is -2.09. The molecule has 11 rings (SSSR count). The van der Waals surface area contributed by atoms with Crippen LogP contribution in [0.15, 0.2) is 176 Å². The van der Waals surface area contributed by atoms with Crippen molar-refractivity contribution in [2.45, 2.75) is 0 Å². The van der Waals surface area contributed by atoms with Crippen LogP contribution in [0, 0.1) is 0 Å². The van der Waals surface area contributed by atoms with E-state index in [1.807, 2.05) is 66.7 Å². The Labute approximate surface area is 330 Å². The van der Waals surface area contributed by atoms with Crippen LogP contribution in [0.25, 0.3) is 108 Å². The molecule has 0 spiro atoms. The number of benzene rings is 7. The van der Waals surface area contributed by atoms with Gasteiger partial charge >= 0.3 is 0 Å². The van der Waals surface area contributed by atoms with Gasteiger partial charge in [0.1, 0.15) is 0 Å². The average molecular weight is 752 g/mol. The maximum atomic E-state index is 5.38. The molecule has 0 amide bonds. The zero-order chi connectivity index (χ0) is 37.0. The lowest BCUT2D eigenvalue weighted by Crippen LogP contribution is -2.00. The van der Waals surface area contributed by atoms with Crippen molar-refractivity contribution >= 4 is 63.1 Å². The molecule has 0 aliphatic heterocycles. The van der Waals surface area contributed by atoms with Gasteiger partial charge in [-0.05, 0) is 35.4 Å². The maximum Gasteiger partial charge on any atom is 0.164 e. The van der Waals surface area contributed by atoms with Crippen molar-refractivity contribution in [3.63, 3.8) is 0 Å². The Morgan fingerprint density at radius 2 is 0.786 bits per heavy atom. The summed E-state index contributed by atoms with van der Waals surface area (Å²) in [5.41, 5.74) is 9.20. The van der Waals surface area contributed by atoms with Crippen LogP contribution < -0.4 is 0 Å². The van der Waals surface area contributed by atoms with E-state index in [4.69, 9.17) is 24.9 Å². The highest BCUT2D eigenvalue weighted by atomic mass is 32.1. The van der Waals surface area contributed by atoms with E-state index in [9.17, 15) is 0 Å². The molecule has 0 bridgehead atoms. The van der Waals surface area contributed by atoms with Gasteiger partial charge in [0.25, 0.3) is 0 Å². The van der Waals surface area contributed by atoms with Gasteiger partial charge in [-0.2, -0.15) is 0 Å². The number of aromatic nitrogens is 5. The molecule has 0 radical (unpaired) electrons. The molecule has 11 aromatic rings. The molecule has 0 saturated heterocycles. The topological polar surface area (TPSA) is 64.5 Å². The summed E-state index contributed by atoms with van der Waals surface area (Å²) in [6.45, 7) is 0. The molecule has 0 unspecified atom stereocenters. The molecule has 56 heavy (non-hydrogen) atoms. The highest BCUT2D eigenvalue weighted by Crippen LogP contribution is 2.45. The molecule has 5 nitrogen and oxygen atoms in total. The number of nitrogens with zero attached hydrogens (tertiary/aromatic N) is 5. The van der Waals surface area contributed by atoms with E-state index in [1.165, 1.54) is 25.0 Å².